The van der Waals surface area contributed by atoms with Crippen molar-refractivity contribution in [2.45, 2.75) is 107 Å². The maximum Gasteiger partial charge on any atom is 0.151 e. The van der Waals surface area contributed by atoms with E-state index >= 15 is 0 Å². The zero-order valence-corrected chi connectivity index (χ0v) is 31.1. The van der Waals surface area contributed by atoms with Crippen molar-refractivity contribution in [2.75, 3.05) is 0 Å². The van der Waals surface area contributed by atoms with E-state index in [0.717, 1.165) is 28.9 Å². The van der Waals surface area contributed by atoms with Crippen LogP contribution in [0.25, 0.3) is 5.32 Å². The summed E-state index contributed by atoms with van der Waals surface area (Å²) in [7, 11) is 0. The van der Waals surface area contributed by atoms with Gasteiger partial charge in [-0.1, -0.05) is 123 Å². The van der Waals surface area contributed by atoms with E-state index in [9.17, 15) is 9.90 Å². The quantitative estimate of drug-likeness (QED) is 0.143. The normalized spacial score (nSPS) is 11.9. The number of hydrogen-bond donors (Lipinski definition) is 0. The van der Waals surface area contributed by atoms with Gasteiger partial charge in [0.05, 0.1) is 5.69 Å². The Labute approximate surface area is 272 Å². The molecule has 41 heavy (non-hydrogen) atoms. The first-order valence-corrected chi connectivity index (χ1v) is 13.7. The third-order valence-corrected chi connectivity index (χ3v) is 6.09. The summed E-state index contributed by atoms with van der Waals surface area (Å²) in [4.78, 5) is 15.1. The standard InChI is InChI=1S/C29H41N2.C5H8O2.2O.U/c1-18(2)24-13-11-14-25(19(3)4)28(24)30-22(9)17-23(10)31-29-26(20(5)6)15-12-16-27(29)21(7)8;1-4(6)3-5(2)7;;;/h11-21H,1-10H3;3,6H,1-2H3;;;/q-1;;2*-2;/p-1/b22-17-,31-23?;4-3-;;;. The minimum atomic E-state index is -0.187. The molecule has 0 N–H and O–H groups in total. The van der Waals surface area contributed by atoms with Crippen molar-refractivity contribution in [3.63, 3.8) is 0 Å². The number of nitrogens with zero attached hydrogens (tertiary/aromatic N) is 2. The molecule has 0 spiro atoms. The van der Waals surface area contributed by atoms with Crippen molar-refractivity contribution in [1.29, 1.82) is 0 Å². The predicted octanol–water partition coefficient (Wildman–Crippen LogP) is 9.48. The van der Waals surface area contributed by atoms with Gasteiger partial charge in [-0.3, -0.25) is 9.79 Å². The molecule has 0 aliphatic heterocycles. The van der Waals surface area contributed by atoms with Gasteiger partial charge in [0, 0.05) is 36.8 Å². The summed E-state index contributed by atoms with van der Waals surface area (Å²) in [5, 5.41) is 15.1. The van der Waals surface area contributed by atoms with Crippen LogP contribution >= 0.6 is 0 Å². The molecule has 7 heteroatoms. The maximum atomic E-state index is 9.98. The molecule has 0 bridgehead atoms. The Balaban J connectivity index is -0.00000128. The molecule has 2 aromatic carbocycles. The summed E-state index contributed by atoms with van der Waals surface area (Å²) >= 11 is 0. The molecule has 228 valence electrons. The second-order valence-electron chi connectivity index (χ2n) is 11.2. The van der Waals surface area contributed by atoms with E-state index in [1.165, 1.54) is 36.1 Å². The minimum Gasteiger partial charge on any atom is -2.00 e. The Morgan fingerprint density at radius 1 is 0.707 bits per heavy atom. The van der Waals surface area contributed by atoms with Gasteiger partial charge in [0.15, 0.2) is 5.78 Å². The summed E-state index contributed by atoms with van der Waals surface area (Å²) in [5.74, 6) is 1.37. The van der Waals surface area contributed by atoms with E-state index in [4.69, 9.17) is 10.3 Å². The van der Waals surface area contributed by atoms with Crippen LogP contribution in [-0.4, -0.2) is 11.5 Å². The van der Waals surface area contributed by atoms with Crippen LogP contribution in [0.5, 0.6) is 0 Å². The van der Waals surface area contributed by atoms with E-state index in [2.05, 4.69) is 112 Å². The Morgan fingerprint density at radius 2 is 1.07 bits per heavy atom. The van der Waals surface area contributed by atoms with E-state index < -0.39 is 0 Å². The number of benzene rings is 2. The van der Waals surface area contributed by atoms with Crippen molar-refractivity contribution < 1.29 is 52.0 Å². The molecule has 0 amide bonds. The zero-order chi connectivity index (χ0) is 29.2. The van der Waals surface area contributed by atoms with E-state index in [1.807, 2.05) is 0 Å². The molecular formula is C34H48N2O4U-6. The van der Waals surface area contributed by atoms with Crippen molar-refractivity contribution in [1.82, 2.24) is 0 Å². The van der Waals surface area contributed by atoms with Crippen LogP contribution in [0.2, 0.25) is 0 Å². The predicted molar refractivity (Wildman–Crippen MR) is 165 cm³/mol. The molecule has 0 saturated heterocycles. The van der Waals surface area contributed by atoms with Gasteiger partial charge in [0.25, 0.3) is 0 Å². The number of aliphatic imine (C=N–C) groups is 1. The van der Waals surface area contributed by atoms with Gasteiger partial charge in [-0.05, 0) is 54.7 Å². The Hall–Kier alpha value is -2.17. The number of rotatable bonds is 9. The molecule has 0 heterocycles. The zero-order valence-electron chi connectivity index (χ0n) is 27.0. The van der Waals surface area contributed by atoms with Crippen LogP contribution in [0.1, 0.15) is 129 Å². The van der Waals surface area contributed by atoms with Crippen LogP contribution in [0.3, 0.4) is 0 Å². The fraction of sp³-hybridized carbons (Fsp3) is 0.471. The molecule has 0 saturated carbocycles. The van der Waals surface area contributed by atoms with Gasteiger partial charge in [0.2, 0.25) is 0 Å². The second kappa shape index (κ2) is 20.7. The van der Waals surface area contributed by atoms with E-state index in [0.29, 0.717) is 23.7 Å². The topological polar surface area (TPSA) is 124 Å². The largest absolute Gasteiger partial charge is 2.00 e. The summed E-state index contributed by atoms with van der Waals surface area (Å²) < 4.78 is 0. The maximum absolute atomic E-state index is 9.98. The minimum absolute atomic E-state index is 0. The molecule has 0 unspecified atom stereocenters. The summed E-state index contributed by atoms with van der Waals surface area (Å²) in [6, 6.07) is 13.1. The summed E-state index contributed by atoms with van der Waals surface area (Å²) in [6.45, 7) is 24.8. The first kappa shape index (κ1) is 43.3. The number of carbonyl (C=O) groups is 1. The molecule has 2 rings (SSSR count). The number of para-hydroxylation sites is 2. The Morgan fingerprint density at radius 3 is 1.37 bits per heavy atom. The van der Waals surface area contributed by atoms with Gasteiger partial charge >= 0.3 is 0 Å². The van der Waals surface area contributed by atoms with E-state index in [-0.39, 0.29) is 53.6 Å². The van der Waals surface area contributed by atoms with Gasteiger partial charge < -0.3 is 21.4 Å². The number of hydrogen-bond acceptors (Lipinski definition) is 3. The fourth-order valence-electron chi connectivity index (χ4n) is 4.29. The van der Waals surface area contributed by atoms with Gasteiger partial charge in [-0.25, -0.2) is 0 Å². The van der Waals surface area contributed by atoms with Crippen LogP contribution in [0.4, 0.5) is 11.4 Å². The SMILES string of the molecule is CC(/C=C(/C)[N-]c1c(C(C)C)cccc1C(C)C)=Nc1c(C(C)C)cccc1C(C)C.CC(=O)/C=C(/C)[O-].[O-2].[O-2].[U]. The third kappa shape index (κ3) is 14.5. The molecule has 0 aliphatic rings. The Kier molecular flexibility index (Phi) is 21.8. The molecule has 0 fully saturated rings. The molecular weight excluding hydrogens is 738 g/mol. The van der Waals surface area contributed by atoms with Gasteiger partial charge in [-0.15, -0.1) is 11.4 Å². The molecule has 0 aliphatic carbocycles. The third-order valence-electron chi connectivity index (χ3n) is 6.09. The monoisotopic (exact) mass is 786 g/mol. The fourth-order valence-corrected chi connectivity index (χ4v) is 4.29. The van der Waals surface area contributed by atoms with Crippen LogP contribution in [0.15, 0.2) is 65.0 Å². The van der Waals surface area contributed by atoms with Crippen molar-refractivity contribution >= 4 is 22.9 Å². The second-order valence-corrected chi connectivity index (χ2v) is 11.2. The van der Waals surface area contributed by atoms with Crippen LogP contribution in [0, 0.1) is 31.1 Å². The van der Waals surface area contributed by atoms with Gasteiger partial charge in [0.1, 0.15) is 0 Å². The molecule has 0 atom stereocenters. The average molecular weight is 787 g/mol. The average Bonchev–Trinajstić information content (AvgIpc) is 2.77. The van der Waals surface area contributed by atoms with Crippen molar-refractivity contribution in [3.8, 4) is 0 Å². The summed E-state index contributed by atoms with van der Waals surface area (Å²) in [6.07, 6.45) is 3.17. The first-order valence-electron chi connectivity index (χ1n) is 13.7. The van der Waals surface area contributed by atoms with E-state index in [1.54, 1.807) is 0 Å². The number of ketones is 1. The number of carbonyl (C=O) groups excluding carboxylic acids is 1. The van der Waals surface area contributed by atoms with Crippen LogP contribution < -0.4 is 5.11 Å². The van der Waals surface area contributed by atoms with Crippen molar-refractivity contribution in [3.05, 3.63) is 87.6 Å². The van der Waals surface area contributed by atoms with Crippen molar-refractivity contribution in [2.24, 2.45) is 4.99 Å². The van der Waals surface area contributed by atoms with Gasteiger partial charge in [-0.2, -0.15) is 5.70 Å². The smallest absolute Gasteiger partial charge is 0.151 e. The molecule has 0 radical (unpaired) electrons. The molecule has 2 aromatic rings. The molecule has 0 aromatic heterocycles. The molecule has 6 nitrogen and oxygen atoms in total. The summed E-state index contributed by atoms with van der Waals surface area (Å²) in [5.41, 5.74) is 9.45. The van der Waals surface area contributed by atoms with Crippen LogP contribution in [-0.2, 0) is 15.7 Å². The Bertz CT molecular complexity index is 1120. The number of allylic oxidation sites excluding steroid dienone is 4. The first-order chi connectivity index (χ1) is 17.6.